The monoisotopic (exact) mass is 430 g/mol. The number of thioether (sulfide) groups is 1. The minimum Gasteiger partial charge on any atom is -0.326 e. The number of aromatic nitrogens is 4. The average molecular weight is 431 g/mol. The largest absolute Gasteiger partial charge is 0.326 e. The normalized spacial score (nSPS) is 11.8. The Morgan fingerprint density at radius 1 is 1.21 bits per heavy atom. The van der Waals surface area contributed by atoms with E-state index in [0.717, 1.165) is 11.3 Å². The van der Waals surface area contributed by atoms with Gasteiger partial charge in [0.25, 0.3) is 0 Å². The van der Waals surface area contributed by atoms with Gasteiger partial charge in [0.1, 0.15) is 5.82 Å². The molecule has 2 heterocycles. The van der Waals surface area contributed by atoms with Gasteiger partial charge >= 0.3 is 0 Å². The lowest BCUT2D eigenvalue weighted by Gasteiger charge is -2.11. The van der Waals surface area contributed by atoms with Crippen LogP contribution in [0.15, 0.2) is 41.0 Å². The summed E-state index contributed by atoms with van der Waals surface area (Å²) >= 11 is 2.67. The average Bonchev–Trinajstić information content (AvgIpc) is 3.33. The van der Waals surface area contributed by atoms with Crippen molar-refractivity contribution in [3.63, 3.8) is 0 Å². The minimum atomic E-state index is -0.386. The van der Waals surface area contributed by atoms with Crippen molar-refractivity contribution in [1.82, 2.24) is 19.7 Å². The molecule has 29 heavy (non-hydrogen) atoms. The highest BCUT2D eigenvalue weighted by atomic mass is 32.2. The van der Waals surface area contributed by atoms with Gasteiger partial charge in [-0.15, -0.1) is 21.5 Å². The Morgan fingerprint density at radius 2 is 1.97 bits per heavy atom. The first-order chi connectivity index (χ1) is 14.0. The van der Waals surface area contributed by atoms with Crippen molar-refractivity contribution in [2.45, 2.75) is 44.1 Å². The van der Waals surface area contributed by atoms with Crippen LogP contribution in [0.3, 0.4) is 0 Å². The van der Waals surface area contributed by atoms with Gasteiger partial charge < -0.3 is 15.2 Å². The molecule has 0 aliphatic heterocycles. The predicted octanol–water partition coefficient (Wildman–Crippen LogP) is 3.36. The van der Waals surface area contributed by atoms with Crippen molar-refractivity contribution in [3.8, 4) is 0 Å². The summed E-state index contributed by atoms with van der Waals surface area (Å²) in [7, 11) is 0. The molecule has 10 heteroatoms. The topological polar surface area (TPSA) is 102 Å². The molecule has 0 aliphatic rings. The van der Waals surface area contributed by atoms with Gasteiger partial charge in [-0.25, -0.2) is 4.98 Å². The van der Waals surface area contributed by atoms with Crippen LogP contribution in [0.2, 0.25) is 0 Å². The molecule has 0 bridgehead atoms. The maximum Gasteiger partial charge on any atom is 0.239 e. The second-order valence-corrected chi connectivity index (χ2v) is 8.52. The van der Waals surface area contributed by atoms with Gasteiger partial charge in [-0.2, -0.15) is 0 Å². The molecule has 1 atom stereocenters. The molecule has 8 nitrogen and oxygen atoms in total. The molecule has 0 aliphatic carbocycles. The van der Waals surface area contributed by atoms with Crippen molar-refractivity contribution >= 4 is 45.7 Å². The summed E-state index contributed by atoms with van der Waals surface area (Å²) in [6, 6.07) is 7.61. The van der Waals surface area contributed by atoms with E-state index in [1.165, 1.54) is 23.1 Å². The van der Waals surface area contributed by atoms with Crippen molar-refractivity contribution in [2.75, 3.05) is 10.6 Å². The molecule has 0 radical (unpaired) electrons. The zero-order chi connectivity index (χ0) is 20.8. The number of nitrogens with zero attached hydrogens (tertiary/aromatic N) is 4. The summed E-state index contributed by atoms with van der Waals surface area (Å²) in [5.74, 6) is 0.239. The summed E-state index contributed by atoms with van der Waals surface area (Å²) in [5, 5.41) is 16.6. The van der Waals surface area contributed by atoms with Gasteiger partial charge in [-0.3, -0.25) is 9.59 Å². The molecule has 1 aromatic carbocycles. The lowest BCUT2D eigenvalue weighted by molar-refractivity contribution is -0.116. The number of carbonyl (C=O) groups excluding carboxylic acids is 2. The van der Waals surface area contributed by atoms with Crippen LogP contribution in [0.25, 0.3) is 0 Å². The van der Waals surface area contributed by atoms with Crippen LogP contribution in [0, 0.1) is 6.92 Å². The molecule has 0 fully saturated rings. The number of hydrogen-bond donors (Lipinski definition) is 2. The Hall–Kier alpha value is -2.72. The second-order valence-electron chi connectivity index (χ2n) is 6.32. The lowest BCUT2D eigenvalue weighted by Crippen LogP contribution is -2.23. The fraction of sp³-hybridized carbons (Fsp3) is 0.316. The summed E-state index contributed by atoms with van der Waals surface area (Å²) in [5.41, 5.74) is 1.87. The lowest BCUT2D eigenvalue weighted by atomic mass is 10.2. The third kappa shape index (κ3) is 5.64. The summed E-state index contributed by atoms with van der Waals surface area (Å²) in [6.07, 6.45) is 1.74. The number of rotatable bonds is 8. The zero-order valence-corrected chi connectivity index (χ0v) is 18.0. The van der Waals surface area contributed by atoms with E-state index in [2.05, 4.69) is 25.8 Å². The van der Waals surface area contributed by atoms with Crippen molar-refractivity contribution in [1.29, 1.82) is 0 Å². The fourth-order valence-electron chi connectivity index (χ4n) is 2.54. The third-order valence-electron chi connectivity index (χ3n) is 4.08. The van der Waals surface area contributed by atoms with Crippen molar-refractivity contribution in [3.05, 3.63) is 47.2 Å². The van der Waals surface area contributed by atoms with Gasteiger partial charge in [-0.05, 0) is 32.9 Å². The van der Waals surface area contributed by atoms with Crippen LogP contribution < -0.4 is 10.6 Å². The van der Waals surface area contributed by atoms with Crippen LogP contribution in [-0.2, 0) is 22.6 Å². The Balaban J connectivity index is 1.62. The Kier molecular flexibility index (Phi) is 6.99. The maximum absolute atomic E-state index is 12.4. The summed E-state index contributed by atoms with van der Waals surface area (Å²) in [6.45, 7) is 6.34. The zero-order valence-electron chi connectivity index (χ0n) is 16.4. The van der Waals surface area contributed by atoms with E-state index >= 15 is 0 Å². The molecule has 152 valence electrons. The number of benzene rings is 1. The SMILES string of the molecule is CCn1c(CC(=O)Nc2ccc(C)cc2)nnc1S[C@H](C)C(=O)Nc1nccs1. The molecule has 2 aromatic heterocycles. The number of carbonyl (C=O) groups is 2. The molecular weight excluding hydrogens is 408 g/mol. The number of hydrogen-bond acceptors (Lipinski definition) is 7. The molecule has 2 N–H and O–H groups in total. The van der Waals surface area contributed by atoms with Gasteiger partial charge in [0, 0.05) is 23.8 Å². The summed E-state index contributed by atoms with van der Waals surface area (Å²) in [4.78, 5) is 28.8. The highest BCUT2D eigenvalue weighted by molar-refractivity contribution is 8.00. The van der Waals surface area contributed by atoms with E-state index in [9.17, 15) is 9.59 Å². The number of anilines is 2. The number of amides is 2. The van der Waals surface area contributed by atoms with Gasteiger partial charge in [-0.1, -0.05) is 29.5 Å². The minimum absolute atomic E-state index is 0.106. The van der Waals surface area contributed by atoms with Crippen LogP contribution >= 0.6 is 23.1 Å². The maximum atomic E-state index is 12.4. The molecular formula is C19H22N6O2S2. The van der Waals surface area contributed by atoms with Gasteiger partial charge in [0.2, 0.25) is 11.8 Å². The molecule has 3 rings (SSSR count). The highest BCUT2D eigenvalue weighted by Crippen LogP contribution is 2.24. The van der Waals surface area contributed by atoms with Gasteiger partial charge in [0.15, 0.2) is 10.3 Å². The number of thiazole rings is 1. The number of nitrogens with one attached hydrogen (secondary N) is 2. The molecule has 0 saturated heterocycles. The van der Waals surface area contributed by atoms with Crippen LogP contribution in [0.1, 0.15) is 25.2 Å². The first-order valence-corrected chi connectivity index (χ1v) is 10.9. The van der Waals surface area contributed by atoms with Crippen LogP contribution in [0.4, 0.5) is 10.8 Å². The van der Waals surface area contributed by atoms with E-state index in [1.54, 1.807) is 18.5 Å². The number of aryl methyl sites for hydroxylation is 1. The molecule has 0 spiro atoms. The van der Waals surface area contributed by atoms with E-state index in [0.29, 0.717) is 22.7 Å². The second kappa shape index (κ2) is 9.66. The molecule has 3 aromatic rings. The Labute approximate surface area is 177 Å². The fourth-order valence-corrected chi connectivity index (χ4v) is 4.01. The molecule has 2 amide bonds. The first kappa shape index (κ1) is 21.0. The Morgan fingerprint density at radius 3 is 2.62 bits per heavy atom. The molecule has 0 unspecified atom stereocenters. The highest BCUT2D eigenvalue weighted by Gasteiger charge is 2.21. The van der Waals surface area contributed by atoms with E-state index in [1.807, 2.05) is 42.7 Å². The predicted molar refractivity (Wildman–Crippen MR) is 115 cm³/mol. The van der Waals surface area contributed by atoms with Crippen molar-refractivity contribution in [2.24, 2.45) is 0 Å². The summed E-state index contributed by atoms with van der Waals surface area (Å²) < 4.78 is 1.85. The van der Waals surface area contributed by atoms with E-state index in [-0.39, 0.29) is 23.5 Å². The smallest absolute Gasteiger partial charge is 0.239 e. The van der Waals surface area contributed by atoms with Gasteiger partial charge in [0.05, 0.1) is 11.7 Å². The van der Waals surface area contributed by atoms with Crippen LogP contribution in [-0.4, -0.2) is 36.8 Å². The van der Waals surface area contributed by atoms with Crippen molar-refractivity contribution < 1.29 is 9.59 Å². The third-order valence-corrected chi connectivity index (χ3v) is 5.85. The van der Waals surface area contributed by atoms with Crippen LogP contribution in [0.5, 0.6) is 0 Å². The van der Waals surface area contributed by atoms with E-state index < -0.39 is 0 Å². The first-order valence-electron chi connectivity index (χ1n) is 9.12. The Bertz CT molecular complexity index is 969. The quantitative estimate of drug-likeness (QED) is 0.531. The van der Waals surface area contributed by atoms with E-state index in [4.69, 9.17) is 0 Å². The standard InChI is InChI=1S/C19H22N6O2S2/c1-4-25-15(11-16(26)21-14-7-5-12(2)6-8-14)23-24-19(25)29-13(3)17(27)22-18-20-9-10-28-18/h5-10,13H,4,11H2,1-3H3,(H,21,26)(H,20,22,27)/t13-/m1/s1. The molecule has 0 saturated carbocycles.